The Morgan fingerprint density at radius 3 is 1.36 bits per heavy atom. The van der Waals surface area contributed by atoms with Crippen LogP contribution in [0.2, 0.25) is 63.1 Å². The van der Waals surface area contributed by atoms with Gasteiger partial charge in [0.25, 0.3) is 0 Å². The Bertz CT molecular complexity index is 902. The van der Waals surface area contributed by atoms with Gasteiger partial charge in [-0.05, 0) is 0 Å². The molecule has 2 saturated carbocycles. The maximum atomic E-state index is 2.78. The van der Waals surface area contributed by atoms with Crippen molar-refractivity contribution in [2.24, 2.45) is 23.7 Å². The summed E-state index contributed by atoms with van der Waals surface area (Å²) in [6.07, 6.45) is 33.3. The predicted octanol–water partition coefficient (Wildman–Crippen LogP) is 5.15. The third-order valence-electron chi connectivity index (χ3n) is 13.8. The van der Waals surface area contributed by atoms with Crippen molar-refractivity contribution in [3.05, 3.63) is 48.6 Å². The molecule has 3 aliphatic heterocycles. The third kappa shape index (κ3) is 5.08. The zero-order valence-corrected chi connectivity index (χ0v) is 31.9. The fourth-order valence-corrected chi connectivity index (χ4v) is 65.8. The molecule has 0 amide bonds. The summed E-state index contributed by atoms with van der Waals surface area (Å²) in [7, 11) is -2.18. The number of rotatable bonds is 10. The van der Waals surface area contributed by atoms with Gasteiger partial charge in [-0.3, -0.25) is 0 Å². The van der Waals surface area contributed by atoms with Gasteiger partial charge >= 0.3 is 237 Å². The SMILES string of the molecule is CCCC[Si]1(C2C3C=CC=CC3C[CH]2[Hf+2]2([CH]3CC4C=CC=CC4C3[Si]3(CCCC)CCC3)[CH2][CH2]2)CCC1.[Cl-].[Cl-]. The molecule has 0 aromatic carbocycles. The summed E-state index contributed by atoms with van der Waals surface area (Å²) < 4.78 is 6.23. The van der Waals surface area contributed by atoms with E-state index in [0.29, 0.717) is 0 Å². The molecule has 39 heavy (non-hydrogen) atoms. The average Bonchev–Trinajstić information content (AvgIpc) is 3.45. The van der Waals surface area contributed by atoms with Crippen molar-refractivity contribution in [2.75, 3.05) is 0 Å². The van der Waals surface area contributed by atoms with E-state index >= 15 is 0 Å². The molecule has 8 unspecified atom stereocenters. The normalized spacial score (nSPS) is 40.2. The van der Waals surface area contributed by atoms with Crippen LogP contribution in [0.3, 0.4) is 0 Å². The number of allylic oxidation sites excluding steroid dienone is 8. The Morgan fingerprint density at radius 1 is 0.615 bits per heavy atom. The average molecular weight is 768 g/mol. The first-order valence-electron chi connectivity index (χ1n) is 16.9. The van der Waals surface area contributed by atoms with Gasteiger partial charge in [-0.2, -0.15) is 0 Å². The molecule has 0 radical (unpaired) electrons. The number of hydrogen-bond donors (Lipinski definition) is 0. The Hall–Kier alpha value is 0.844. The molecule has 0 nitrogen and oxygen atoms in total. The van der Waals surface area contributed by atoms with Gasteiger partial charge < -0.3 is 24.8 Å². The maximum absolute atomic E-state index is 2.78. The number of halogens is 2. The molecule has 0 aromatic heterocycles. The minimum atomic E-state index is -2.39. The van der Waals surface area contributed by atoms with Gasteiger partial charge in [-0.15, -0.1) is 0 Å². The summed E-state index contributed by atoms with van der Waals surface area (Å²) in [5.74, 6) is 3.79. The molecule has 7 rings (SSSR count). The third-order valence-corrected chi connectivity index (χ3v) is 49.5. The van der Waals surface area contributed by atoms with E-state index in [1.54, 1.807) is 74.8 Å². The Morgan fingerprint density at radius 2 is 1.03 bits per heavy atom. The molecule has 4 aliphatic carbocycles. The van der Waals surface area contributed by atoms with Gasteiger partial charge in [0.15, 0.2) is 0 Å². The summed E-state index contributed by atoms with van der Waals surface area (Å²) in [6.45, 7) is 4.93. The van der Waals surface area contributed by atoms with Crippen molar-refractivity contribution in [1.29, 1.82) is 0 Å². The number of hydrogen-bond acceptors (Lipinski definition) is 0. The minimum Gasteiger partial charge on any atom is -1.00 e. The molecule has 0 spiro atoms. The van der Waals surface area contributed by atoms with Crippen LogP contribution in [0.4, 0.5) is 0 Å². The van der Waals surface area contributed by atoms with Crippen LogP contribution in [0.1, 0.15) is 65.2 Å². The van der Waals surface area contributed by atoms with Crippen LogP contribution in [-0.4, -0.2) is 16.1 Å². The second-order valence-corrected chi connectivity index (χ2v) is 42.7. The first kappa shape index (κ1) is 31.3. The van der Waals surface area contributed by atoms with Gasteiger partial charge in [0.05, 0.1) is 0 Å². The van der Waals surface area contributed by atoms with E-state index in [0.717, 1.165) is 23.7 Å². The summed E-state index contributed by atoms with van der Waals surface area (Å²) in [5.41, 5.74) is 2.43. The van der Waals surface area contributed by atoms with Crippen LogP contribution in [0.15, 0.2) is 48.6 Å². The Kier molecular flexibility index (Phi) is 9.98. The molecule has 8 atom stereocenters. The van der Waals surface area contributed by atoms with Crippen molar-refractivity contribution in [1.82, 2.24) is 0 Å². The van der Waals surface area contributed by atoms with E-state index < -0.39 is 36.1 Å². The second-order valence-electron chi connectivity index (χ2n) is 15.1. The Labute approximate surface area is 259 Å². The molecule has 3 heterocycles. The molecule has 0 bridgehead atoms. The van der Waals surface area contributed by atoms with Crippen molar-refractivity contribution < 1.29 is 44.8 Å². The van der Waals surface area contributed by atoms with Gasteiger partial charge in [-0.1, -0.05) is 0 Å². The number of unbranched alkanes of at least 4 members (excludes halogenated alkanes) is 2. The quantitative estimate of drug-likeness (QED) is 0.271. The predicted molar refractivity (Wildman–Crippen MR) is 164 cm³/mol. The van der Waals surface area contributed by atoms with Gasteiger partial charge in [0.1, 0.15) is 0 Å². The minimum absolute atomic E-state index is 0. The van der Waals surface area contributed by atoms with Gasteiger partial charge in [0.2, 0.25) is 0 Å². The molecule has 3 saturated heterocycles. The van der Waals surface area contributed by atoms with Crippen molar-refractivity contribution >= 4 is 16.1 Å². The molecule has 216 valence electrons. The van der Waals surface area contributed by atoms with E-state index in [4.69, 9.17) is 0 Å². The van der Waals surface area contributed by atoms with Crippen molar-refractivity contribution in [3.63, 3.8) is 0 Å². The van der Waals surface area contributed by atoms with Crippen LogP contribution in [0, 0.1) is 23.7 Å². The van der Waals surface area contributed by atoms with E-state index in [-0.39, 0.29) is 24.8 Å². The van der Waals surface area contributed by atoms with Crippen LogP contribution >= 0.6 is 0 Å². The zero-order chi connectivity index (χ0) is 25.1. The molecule has 0 aromatic rings. The van der Waals surface area contributed by atoms with Gasteiger partial charge in [0, 0.05) is 0 Å². The molecule has 5 heteroatoms. The van der Waals surface area contributed by atoms with E-state index in [2.05, 4.69) is 62.5 Å². The topological polar surface area (TPSA) is 0 Å². The summed E-state index contributed by atoms with van der Waals surface area (Å²) in [5, 5.41) is 0. The fourth-order valence-electron chi connectivity index (χ4n) is 11.8. The van der Waals surface area contributed by atoms with E-state index in [1.807, 2.05) is 8.35 Å². The van der Waals surface area contributed by atoms with E-state index in [9.17, 15) is 0 Å². The first-order chi connectivity index (χ1) is 18.2. The zero-order valence-electron chi connectivity index (χ0n) is 24.8. The van der Waals surface area contributed by atoms with Crippen LogP contribution < -0.4 is 24.8 Å². The molecular weight excluding hydrogens is 714 g/mol. The standard InChI is InChI=1S/2C16H25Si.C2H4.2ClH.Hf/c2*1-2-3-11-17(12-6-13-17)16-10-9-14-7-4-5-8-15(14)16;1-2;;;/h2*4-5,7-8,10,14-16H,2-3,6,9,11-13H2,1H3;1-2H2;2*1H;/q;;;;;+2/p-2. The number of fused-ring (bicyclic) bond motifs is 2. The fraction of sp³-hybridized carbons (Fsp3) is 0.765. The largest absolute Gasteiger partial charge is 1.00 e. The summed E-state index contributed by atoms with van der Waals surface area (Å²) in [6, 6.07) is 10.3. The first-order valence-corrected chi connectivity index (χ1v) is 31.5. The van der Waals surface area contributed by atoms with Crippen LogP contribution in [0.5, 0.6) is 0 Å². The summed E-state index contributed by atoms with van der Waals surface area (Å²) in [4.78, 5) is 0. The maximum Gasteiger partial charge on any atom is -1.00 e. The second kappa shape index (κ2) is 12.5. The van der Waals surface area contributed by atoms with Crippen molar-refractivity contribution in [3.8, 4) is 0 Å². The van der Waals surface area contributed by atoms with Crippen LogP contribution in [0.25, 0.3) is 0 Å². The van der Waals surface area contributed by atoms with Crippen LogP contribution in [-0.2, 0) is 20.0 Å². The molecule has 0 N–H and O–H groups in total. The molecule has 5 fully saturated rings. The molecular formula is C34H54Cl2HfSi2. The Balaban J connectivity index is 0.00000154. The van der Waals surface area contributed by atoms with Crippen molar-refractivity contribution in [2.45, 2.75) is 128 Å². The molecule has 7 aliphatic rings. The van der Waals surface area contributed by atoms with Gasteiger partial charge in [-0.25, -0.2) is 0 Å². The monoisotopic (exact) mass is 768 g/mol. The summed E-state index contributed by atoms with van der Waals surface area (Å²) >= 11 is -2.39. The smallest absolute Gasteiger partial charge is 1.00 e. The van der Waals surface area contributed by atoms with E-state index in [1.165, 1.54) is 31.3 Å².